The van der Waals surface area contributed by atoms with E-state index >= 15 is 0 Å². The Kier molecular flexibility index (Phi) is 4.04. The third-order valence-electron chi connectivity index (χ3n) is 5.43. The predicted octanol–water partition coefficient (Wildman–Crippen LogP) is 2.66. The Morgan fingerprint density at radius 1 is 1.27 bits per heavy atom. The summed E-state index contributed by atoms with van der Waals surface area (Å²) in [4.78, 5) is 30.5. The monoisotopic (exact) mass is 423 g/mol. The minimum atomic E-state index is -0.364. The van der Waals surface area contributed by atoms with Crippen molar-refractivity contribution < 1.29 is 4.79 Å². The summed E-state index contributed by atoms with van der Waals surface area (Å²) in [5.74, 6) is -0.138. The second kappa shape index (κ2) is 6.53. The number of halogens is 1. The van der Waals surface area contributed by atoms with Crippen LogP contribution in [-0.4, -0.2) is 35.5 Å². The highest BCUT2D eigenvalue weighted by Gasteiger charge is 2.42. The molecule has 4 aromatic heterocycles. The quantitative estimate of drug-likeness (QED) is 0.526. The van der Waals surface area contributed by atoms with Crippen LogP contribution in [-0.2, 0) is 10.2 Å². The van der Waals surface area contributed by atoms with E-state index < -0.39 is 0 Å². The first-order valence-electron chi connectivity index (χ1n) is 9.42. The predicted molar refractivity (Wildman–Crippen MR) is 111 cm³/mol. The zero-order valence-electron chi connectivity index (χ0n) is 16.3. The van der Waals surface area contributed by atoms with Gasteiger partial charge in [-0.1, -0.05) is 31.5 Å². The molecule has 1 unspecified atom stereocenters. The van der Waals surface area contributed by atoms with Gasteiger partial charge in [0.2, 0.25) is 5.91 Å². The number of H-pyrrole nitrogens is 1. The molecule has 0 aliphatic heterocycles. The van der Waals surface area contributed by atoms with Gasteiger partial charge in [-0.3, -0.25) is 19.2 Å². The van der Waals surface area contributed by atoms with Crippen molar-refractivity contribution in [3.8, 4) is 5.82 Å². The number of aromatic amines is 1. The molecule has 0 saturated carbocycles. The van der Waals surface area contributed by atoms with Gasteiger partial charge in [0.25, 0.3) is 5.56 Å². The van der Waals surface area contributed by atoms with Crippen molar-refractivity contribution in [1.82, 2.24) is 29.6 Å². The molecule has 2 N–H and O–H groups in total. The molecule has 4 heterocycles. The number of carbonyl (C=O) groups excluding carboxylic acids is 1. The van der Waals surface area contributed by atoms with Crippen molar-refractivity contribution in [1.29, 1.82) is 0 Å². The molecule has 0 fully saturated rings. The maximum absolute atomic E-state index is 13.1. The van der Waals surface area contributed by atoms with Gasteiger partial charge in [-0.15, -0.1) is 4.80 Å². The number of nitrogens with one attached hydrogen (secondary N) is 2. The minimum Gasteiger partial charge on any atom is -0.324 e. The van der Waals surface area contributed by atoms with Gasteiger partial charge in [0.05, 0.1) is 46.4 Å². The van der Waals surface area contributed by atoms with E-state index in [0.717, 1.165) is 16.8 Å². The number of hydrogen-bond donors (Lipinski definition) is 2. The van der Waals surface area contributed by atoms with E-state index in [0.29, 0.717) is 22.9 Å². The summed E-state index contributed by atoms with van der Waals surface area (Å²) < 4.78 is 1.79. The smallest absolute Gasteiger partial charge is 0.264 e. The van der Waals surface area contributed by atoms with Crippen LogP contribution in [0, 0.1) is 0 Å². The number of rotatable bonds is 3. The average molecular weight is 424 g/mol. The Morgan fingerprint density at radius 3 is 2.77 bits per heavy atom. The molecule has 0 radical (unpaired) electrons. The maximum atomic E-state index is 13.1. The SMILES string of the molecule is CC1(C)CC(C(=O)Nc2cnc(-n3nccn3)c(Cl)c2)c2ccc3cc(=O)[nH]n3c21. The third kappa shape index (κ3) is 2.89. The maximum Gasteiger partial charge on any atom is 0.264 e. The largest absolute Gasteiger partial charge is 0.324 e. The first-order valence-corrected chi connectivity index (χ1v) is 9.79. The summed E-state index contributed by atoms with van der Waals surface area (Å²) in [6.07, 6.45) is 5.20. The van der Waals surface area contributed by atoms with Crippen molar-refractivity contribution >= 4 is 28.7 Å². The fourth-order valence-corrected chi connectivity index (χ4v) is 4.46. The molecule has 152 valence electrons. The van der Waals surface area contributed by atoms with Crippen LogP contribution in [0.3, 0.4) is 0 Å². The highest BCUT2D eigenvalue weighted by Crippen LogP contribution is 2.46. The van der Waals surface area contributed by atoms with E-state index in [1.165, 1.54) is 23.4 Å². The standard InChI is InChI=1S/C20H18ClN7O2/c1-20(2)9-14(13-4-3-12-8-16(29)26-27(12)17(13)20)19(30)25-11-7-15(21)18(22-10-11)28-23-5-6-24-28/h3-8,10,14H,9H2,1-2H3,(H,25,30)(H,26,29). The summed E-state index contributed by atoms with van der Waals surface area (Å²) in [5.41, 5.74) is 2.66. The Morgan fingerprint density at radius 2 is 2.03 bits per heavy atom. The third-order valence-corrected chi connectivity index (χ3v) is 5.71. The number of fused-ring (bicyclic) bond motifs is 3. The van der Waals surface area contributed by atoms with Gasteiger partial charge in [0, 0.05) is 11.5 Å². The van der Waals surface area contributed by atoms with Gasteiger partial charge in [-0.2, -0.15) is 10.2 Å². The van der Waals surface area contributed by atoms with Gasteiger partial charge in [0.15, 0.2) is 5.82 Å². The molecular formula is C20H18ClN7O2. The molecule has 1 aliphatic carbocycles. The van der Waals surface area contributed by atoms with E-state index in [1.54, 1.807) is 16.6 Å². The van der Waals surface area contributed by atoms with Crippen LogP contribution < -0.4 is 10.9 Å². The second-order valence-corrected chi connectivity index (χ2v) is 8.40. The second-order valence-electron chi connectivity index (χ2n) is 8.00. The molecule has 1 aliphatic rings. The zero-order valence-corrected chi connectivity index (χ0v) is 17.0. The molecule has 0 aromatic carbocycles. The molecule has 1 atom stereocenters. The number of pyridine rings is 2. The highest BCUT2D eigenvalue weighted by atomic mass is 35.5. The Labute approximate surface area is 175 Å². The van der Waals surface area contributed by atoms with Crippen LogP contribution in [0.5, 0.6) is 0 Å². The summed E-state index contributed by atoms with van der Waals surface area (Å²) >= 11 is 6.31. The summed E-state index contributed by atoms with van der Waals surface area (Å²) in [7, 11) is 0. The molecule has 10 heteroatoms. The number of anilines is 1. The highest BCUT2D eigenvalue weighted by molar-refractivity contribution is 6.32. The fraction of sp³-hybridized carbons (Fsp3) is 0.250. The molecule has 0 bridgehead atoms. The van der Waals surface area contributed by atoms with Crippen LogP contribution in [0.25, 0.3) is 11.3 Å². The van der Waals surface area contributed by atoms with Gasteiger partial charge in [-0.25, -0.2) is 4.98 Å². The van der Waals surface area contributed by atoms with E-state index in [2.05, 4.69) is 39.4 Å². The van der Waals surface area contributed by atoms with E-state index in [-0.39, 0.29) is 22.8 Å². The molecule has 30 heavy (non-hydrogen) atoms. The Hall–Kier alpha value is -3.46. The molecule has 0 spiro atoms. The van der Waals surface area contributed by atoms with Gasteiger partial charge < -0.3 is 5.32 Å². The van der Waals surface area contributed by atoms with Gasteiger partial charge in [0.1, 0.15) is 0 Å². The van der Waals surface area contributed by atoms with E-state index in [1.807, 2.05) is 12.1 Å². The van der Waals surface area contributed by atoms with E-state index in [4.69, 9.17) is 11.6 Å². The molecule has 0 saturated heterocycles. The minimum absolute atomic E-state index is 0.154. The molecule has 9 nitrogen and oxygen atoms in total. The van der Waals surface area contributed by atoms with Crippen molar-refractivity contribution in [2.24, 2.45) is 0 Å². The lowest BCUT2D eigenvalue weighted by atomic mass is 9.88. The van der Waals surface area contributed by atoms with Gasteiger partial charge in [-0.05, 0) is 24.1 Å². The summed E-state index contributed by atoms with van der Waals surface area (Å²) in [6, 6.07) is 6.95. The van der Waals surface area contributed by atoms with Crippen molar-refractivity contribution in [3.63, 3.8) is 0 Å². The van der Waals surface area contributed by atoms with E-state index in [9.17, 15) is 9.59 Å². The number of amides is 1. The van der Waals surface area contributed by atoms with Crippen molar-refractivity contribution in [2.75, 3.05) is 5.32 Å². The number of nitrogens with zero attached hydrogens (tertiary/aromatic N) is 5. The Bertz CT molecular complexity index is 1340. The number of hydrogen-bond acceptors (Lipinski definition) is 5. The van der Waals surface area contributed by atoms with Crippen LogP contribution >= 0.6 is 11.6 Å². The van der Waals surface area contributed by atoms with Gasteiger partial charge >= 0.3 is 0 Å². The van der Waals surface area contributed by atoms with Crippen molar-refractivity contribution in [2.45, 2.75) is 31.6 Å². The number of aromatic nitrogens is 6. The normalized spacial score (nSPS) is 17.2. The lowest BCUT2D eigenvalue weighted by Gasteiger charge is -2.20. The summed E-state index contributed by atoms with van der Waals surface area (Å²) in [6.45, 7) is 4.14. The number of carbonyl (C=O) groups is 1. The fourth-order valence-electron chi connectivity index (χ4n) is 4.22. The van der Waals surface area contributed by atoms with Crippen LogP contribution in [0.4, 0.5) is 5.69 Å². The summed E-state index contributed by atoms with van der Waals surface area (Å²) in [5, 5.41) is 14.1. The molecule has 1 amide bonds. The first kappa shape index (κ1) is 18.6. The molecule has 4 aromatic rings. The topological polar surface area (TPSA) is 110 Å². The van der Waals surface area contributed by atoms with Crippen LogP contribution in [0.2, 0.25) is 5.02 Å². The van der Waals surface area contributed by atoms with Crippen LogP contribution in [0.15, 0.2) is 47.7 Å². The first-order chi connectivity index (χ1) is 14.3. The zero-order chi connectivity index (χ0) is 21.0. The lowest BCUT2D eigenvalue weighted by molar-refractivity contribution is -0.117. The lowest BCUT2D eigenvalue weighted by Crippen LogP contribution is -2.22. The van der Waals surface area contributed by atoms with Crippen molar-refractivity contribution in [3.05, 3.63) is 69.5 Å². The molecule has 5 rings (SSSR count). The van der Waals surface area contributed by atoms with Crippen LogP contribution in [0.1, 0.15) is 37.4 Å². The Balaban J connectivity index is 1.46. The molecular weight excluding hydrogens is 406 g/mol. The average Bonchev–Trinajstić information content (AvgIpc) is 3.39.